The lowest BCUT2D eigenvalue weighted by atomic mass is 10.0. The standard InChI is InChI=1S/C21H21F3N2O2/c1-12-9-13(2)17(14(3)10-12)26-19(28)20(7-8-20)18(27)25-16-6-4-5-15(11-16)21(22,23)24/h4-6,9-11H,7-8H2,1-3H3,(H,25,27)(H,26,28). The first-order valence-electron chi connectivity index (χ1n) is 8.91. The van der Waals surface area contributed by atoms with Crippen LogP contribution in [0.5, 0.6) is 0 Å². The van der Waals surface area contributed by atoms with Gasteiger partial charge in [0.25, 0.3) is 0 Å². The van der Waals surface area contributed by atoms with Crippen molar-refractivity contribution in [2.75, 3.05) is 10.6 Å². The van der Waals surface area contributed by atoms with Crippen LogP contribution in [0.3, 0.4) is 0 Å². The normalized spacial score (nSPS) is 15.1. The summed E-state index contributed by atoms with van der Waals surface area (Å²) in [7, 11) is 0. The van der Waals surface area contributed by atoms with Crippen LogP contribution < -0.4 is 10.6 Å². The maximum absolute atomic E-state index is 12.8. The van der Waals surface area contributed by atoms with Gasteiger partial charge in [-0.15, -0.1) is 0 Å². The zero-order chi connectivity index (χ0) is 20.7. The Hall–Kier alpha value is -2.83. The second-order valence-corrected chi connectivity index (χ2v) is 7.34. The van der Waals surface area contributed by atoms with Gasteiger partial charge in [-0.25, -0.2) is 0 Å². The molecule has 0 saturated heterocycles. The Morgan fingerprint density at radius 3 is 2.04 bits per heavy atom. The van der Waals surface area contributed by atoms with E-state index in [0.717, 1.165) is 28.8 Å². The van der Waals surface area contributed by atoms with E-state index < -0.39 is 29.0 Å². The number of carbonyl (C=O) groups excluding carboxylic acids is 2. The summed E-state index contributed by atoms with van der Waals surface area (Å²) < 4.78 is 38.5. The van der Waals surface area contributed by atoms with Crippen LogP contribution in [0.1, 0.15) is 35.1 Å². The maximum Gasteiger partial charge on any atom is 0.416 e. The maximum atomic E-state index is 12.8. The van der Waals surface area contributed by atoms with E-state index in [1.54, 1.807) is 0 Å². The monoisotopic (exact) mass is 390 g/mol. The van der Waals surface area contributed by atoms with E-state index in [-0.39, 0.29) is 5.69 Å². The van der Waals surface area contributed by atoms with E-state index in [1.165, 1.54) is 12.1 Å². The number of hydrogen-bond acceptors (Lipinski definition) is 2. The first-order valence-corrected chi connectivity index (χ1v) is 8.91. The van der Waals surface area contributed by atoms with E-state index in [9.17, 15) is 22.8 Å². The van der Waals surface area contributed by atoms with E-state index in [4.69, 9.17) is 0 Å². The minimum Gasteiger partial charge on any atom is -0.325 e. The van der Waals surface area contributed by atoms with E-state index in [1.807, 2.05) is 32.9 Å². The van der Waals surface area contributed by atoms with Crippen LogP contribution in [0.4, 0.5) is 24.5 Å². The summed E-state index contributed by atoms with van der Waals surface area (Å²) in [5, 5.41) is 5.29. The zero-order valence-electron chi connectivity index (χ0n) is 15.8. The SMILES string of the molecule is Cc1cc(C)c(NC(=O)C2(C(=O)Nc3cccc(C(F)(F)F)c3)CC2)c(C)c1. The lowest BCUT2D eigenvalue weighted by molar-refractivity contribution is -0.137. The number of hydrogen-bond donors (Lipinski definition) is 2. The number of amides is 2. The lowest BCUT2D eigenvalue weighted by Crippen LogP contribution is -2.36. The quantitative estimate of drug-likeness (QED) is 0.723. The van der Waals surface area contributed by atoms with Crippen LogP contribution in [-0.4, -0.2) is 11.8 Å². The molecule has 0 radical (unpaired) electrons. The molecule has 0 unspecified atom stereocenters. The summed E-state index contributed by atoms with van der Waals surface area (Å²) in [5.41, 5.74) is 1.41. The highest BCUT2D eigenvalue weighted by atomic mass is 19.4. The van der Waals surface area contributed by atoms with Crippen LogP contribution in [0.15, 0.2) is 36.4 Å². The fraction of sp³-hybridized carbons (Fsp3) is 0.333. The van der Waals surface area contributed by atoms with Crippen molar-refractivity contribution in [3.05, 3.63) is 58.7 Å². The van der Waals surface area contributed by atoms with E-state index in [0.29, 0.717) is 18.5 Å². The van der Waals surface area contributed by atoms with Crippen molar-refractivity contribution >= 4 is 23.2 Å². The third-order valence-corrected chi connectivity index (χ3v) is 4.98. The highest BCUT2D eigenvalue weighted by Gasteiger charge is 2.56. The van der Waals surface area contributed by atoms with Crippen molar-refractivity contribution in [3.8, 4) is 0 Å². The number of alkyl halides is 3. The first kappa shape index (κ1) is 19.9. The Labute approximate surface area is 161 Å². The Morgan fingerprint density at radius 1 is 0.929 bits per heavy atom. The smallest absolute Gasteiger partial charge is 0.325 e. The van der Waals surface area contributed by atoms with E-state index in [2.05, 4.69) is 10.6 Å². The van der Waals surface area contributed by atoms with Gasteiger partial charge in [0.2, 0.25) is 11.8 Å². The second-order valence-electron chi connectivity index (χ2n) is 7.34. The predicted molar refractivity (Wildman–Crippen MR) is 101 cm³/mol. The molecule has 0 atom stereocenters. The first-order chi connectivity index (χ1) is 13.0. The Balaban J connectivity index is 1.77. The van der Waals surface area contributed by atoms with Gasteiger partial charge in [-0.3, -0.25) is 9.59 Å². The van der Waals surface area contributed by atoms with Crippen LogP contribution in [0, 0.1) is 26.2 Å². The molecule has 1 saturated carbocycles. The molecular weight excluding hydrogens is 369 g/mol. The zero-order valence-corrected chi connectivity index (χ0v) is 15.8. The topological polar surface area (TPSA) is 58.2 Å². The Morgan fingerprint density at radius 2 is 1.50 bits per heavy atom. The third kappa shape index (κ3) is 3.88. The third-order valence-electron chi connectivity index (χ3n) is 4.98. The lowest BCUT2D eigenvalue weighted by Gasteiger charge is -2.18. The van der Waals surface area contributed by atoms with Crippen molar-refractivity contribution in [3.63, 3.8) is 0 Å². The Kier molecular flexibility index (Phi) is 4.95. The number of carbonyl (C=O) groups is 2. The highest BCUT2D eigenvalue weighted by molar-refractivity contribution is 6.17. The van der Waals surface area contributed by atoms with Crippen LogP contribution in [0.25, 0.3) is 0 Å². The molecule has 28 heavy (non-hydrogen) atoms. The molecule has 1 aliphatic rings. The predicted octanol–water partition coefficient (Wildman–Crippen LogP) is 4.99. The van der Waals surface area contributed by atoms with Gasteiger partial charge in [0.15, 0.2) is 0 Å². The summed E-state index contributed by atoms with van der Waals surface area (Å²) in [6, 6.07) is 8.25. The summed E-state index contributed by atoms with van der Waals surface area (Å²) >= 11 is 0. The Bertz CT molecular complexity index is 924. The highest BCUT2D eigenvalue weighted by Crippen LogP contribution is 2.48. The number of halogens is 3. The molecule has 0 bridgehead atoms. The van der Waals surface area contributed by atoms with Crippen LogP contribution in [0.2, 0.25) is 0 Å². The summed E-state index contributed by atoms with van der Waals surface area (Å²) in [5.74, 6) is -1.03. The van der Waals surface area contributed by atoms with Crippen molar-refractivity contribution in [1.82, 2.24) is 0 Å². The van der Waals surface area contributed by atoms with Crippen molar-refractivity contribution in [1.29, 1.82) is 0 Å². The van der Waals surface area contributed by atoms with Gasteiger partial charge >= 0.3 is 6.18 Å². The molecule has 7 heteroatoms. The average molecular weight is 390 g/mol. The number of anilines is 2. The fourth-order valence-electron chi connectivity index (χ4n) is 3.32. The van der Waals surface area contributed by atoms with Crippen molar-refractivity contribution < 1.29 is 22.8 Å². The molecule has 4 nitrogen and oxygen atoms in total. The molecule has 0 aliphatic heterocycles. The molecule has 0 aromatic heterocycles. The molecule has 2 aromatic carbocycles. The van der Waals surface area contributed by atoms with Gasteiger partial charge < -0.3 is 10.6 Å². The van der Waals surface area contributed by atoms with Gasteiger partial charge in [0, 0.05) is 11.4 Å². The number of aryl methyl sites for hydroxylation is 3. The van der Waals surface area contributed by atoms with Crippen molar-refractivity contribution in [2.45, 2.75) is 39.8 Å². The molecular formula is C21H21F3N2O2. The van der Waals surface area contributed by atoms with Gasteiger partial charge in [-0.05, 0) is 62.9 Å². The fourth-order valence-corrected chi connectivity index (χ4v) is 3.32. The summed E-state index contributed by atoms with van der Waals surface area (Å²) in [6.45, 7) is 5.70. The summed E-state index contributed by atoms with van der Waals surface area (Å²) in [4.78, 5) is 25.5. The molecule has 2 amide bonds. The minimum absolute atomic E-state index is 0.0154. The molecule has 0 heterocycles. The number of rotatable bonds is 4. The van der Waals surface area contributed by atoms with Crippen LogP contribution in [-0.2, 0) is 15.8 Å². The van der Waals surface area contributed by atoms with Gasteiger partial charge in [0.1, 0.15) is 5.41 Å². The minimum atomic E-state index is -4.50. The number of benzene rings is 2. The van der Waals surface area contributed by atoms with Gasteiger partial charge in [-0.2, -0.15) is 13.2 Å². The molecule has 148 valence electrons. The largest absolute Gasteiger partial charge is 0.416 e. The van der Waals surface area contributed by atoms with E-state index >= 15 is 0 Å². The van der Waals surface area contributed by atoms with Gasteiger partial charge in [0.05, 0.1) is 5.56 Å². The number of nitrogens with one attached hydrogen (secondary N) is 2. The van der Waals surface area contributed by atoms with Crippen LogP contribution >= 0.6 is 0 Å². The molecule has 3 rings (SSSR count). The molecule has 1 aliphatic carbocycles. The summed E-state index contributed by atoms with van der Waals surface area (Å²) in [6.07, 6.45) is -3.79. The molecule has 0 spiro atoms. The second kappa shape index (κ2) is 6.96. The average Bonchev–Trinajstić information content (AvgIpc) is 3.39. The molecule has 2 N–H and O–H groups in total. The van der Waals surface area contributed by atoms with Crippen molar-refractivity contribution in [2.24, 2.45) is 5.41 Å². The molecule has 1 fully saturated rings. The van der Waals surface area contributed by atoms with Gasteiger partial charge in [-0.1, -0.05) is 23.8 Å². The molecule has 2 aromatic rings.